The van der Waals surface area contributed by atoms with E-state index in [2.05, 4.69) is 69.1 Å². The van der Waals surface area contributed by atoms with E-state index in [4.69, 9.17) is 4.74 Å². The molecule has 1 saturated heterocycles. The van der Waals surface area contributed by atoms with Gasteiger partial charge in [0.1, 0.15) is 0 Å². The van der Waals surface area contributed by atoms with E-state index in [-0.39, 0.29) is 0 Å². The lowest BCUT2D eigenvalue weighted by atomic mass is 10.1. The second kappa shape index (κ2) is 10.7. The summed E-state index contributed by atoms with van der Waals surface area (Å²) in [4.78, 5) is 6.80. The first-order valence-electron chi connectivity index (χ1n) is 9.70. The van der Waals surface area contributed by atoms with Crippen molar-refractivity contribution in [2.45, 2.75) is 19.5 Å². The van der Waals surface area contributed by atoms with Gasteiger partial charge in [0.05, 0.1) is 13.2 Å². The Bertz CT molecular complexity index is 711. The highest BCUT2D eigenvalue weighted by Crippen LogP contribution is 2.13. The Morgan fingerprint density at radius 2 is 1.67 bits per heavy atom. The molecule has 0 aliphatic carbocycles. The molecule has 1 aliphatic heterocycles. The van der Waals surface area contributed by atoms with Crippen LogP contribution in [0, 0.1) is 0 Å². The van der Waals surface area contributed by atoms with Crippen molar-refractivity contribution < 1.29 is 4.74 Å². The summed E-state index contributed by atoms with van der Waals surface area (Å²) in [6.07, 6.45) is 0.981. The molecule has 5 heteroatoms. The van der Waals surface area contributed by atoms with Gasteiger partial charge in [0, 0.05) is 39.8 Å². The SMILES string of the molecule is CN=C(NCCc1ccccc1)NCc1ccccc1CN1CCOCC1. The molecule has 0 bridgehead atoms. The minimum absolute atomic E-state index is 0.769. The van der Waals surface area contributed by atoms with Crippen molar-refractivity contribution in [3.8, 4) is 0 Å². The molecule has 144 valence electrons. The lowest BCUT2D eigenvalue weighted by Crippen LogP contribution is -2.38. The van der Waals surface area contributed by atoms with Crippen LogP contribution in [0.3, 0.4) is 0 Å². The van der Waals surface area contributed by atoms with Gasteiger partial charge in [-0.05, 0) is 23.1 Å². The summed E-state index contributed by atoms with van der Waals surface area (Å²) in [6.45, 7) is 6.28. The first-order valence-corrected chi connectivity index (χ1v) is 9.70. The molecule has 2 aromatic carbocycles. The molecular formula is C22H30N4O. The smallest absolute Gasteiger partial charge is 0.191 e. The van der Waals surface area contributed by atoms with E-state index in [1.807, 2.05) is 13.1 Å². The van der Waals surface area contributed by atoms with Crippen molar-refractivity contribution in [1.29, 1.82) is 0 Å². The predicted molar refractivity (Wildman–Crippen MR) is 111 cm³/mol. The minimum atomic E-state index is 0.769. The molecule has 5 nitrogen and oxygen atoms in total. The highest BCUT2D eigenvalue weighted by atomic mass is 16.5. The number of hydrogen-bond acceptors (Lipinski definition) is 3. The van der Waals surface area contributed by atoms with Gasteiger partial charge in [-0.2, -0.15) is 0 Å². The largest absolute Gasteiger partial charge is 0.379 e. The molecule has 0 amide bonds. The molecule has 2 N–H and O–H groups in total. The lowest BCUT2D eigenvalue weighted by molar-refractivity contribution is 0.0341. The molecule has 0 aromatic heterocycles. The highest BCUT2D eigenvalue weighted by molar-refractivity contribution is 5.79. The number of morpholine rings is 1. The standard InChI is InChI=1S/C22H30N4O/c1-23-22(24-12-11-19-7-3-2-4-8-19)25-17-20-9-5-6-10-21(20)18-26-13-15-27-16-14-26/h2-10H,11-18H2,1H3,(H2,23,24,25). The van der Waals surface area contributed by atoms with Crippen molar-refractivity contribution in [2.75, 3.05) is 39.9 Å². The number of nitrogens with one attached hydrogen (secondary N) is 2. The molecule has 0 spiro atoms. The van der Waals surface area contributed by atoms with Crippen molar-refractivity contribution in [2.24, 2.45) is 4.99 Å². The number of hydrogen-bond donors (Lipinski definition) is 2. The van der Waals surface area contributed by atoms with E-state index in [9.17, 15) is 0 Å². The average Bonchev–Trinajstić information content (AvgIpc) is 2.73. The van der Waals surface area contributed by atoms with Crippen LogP contribution in [-0.4, -0.2) is 50.8 Å². The minimum Gasteiger partial charge on any atom is -0.379 e. The first kappa shape index (κ1) is 19.4. The fourth-order valence-corrected chi connectivity index (χ4v) is 3.25. The Kier molecular flexibility index (Phi) is 7.69. The van der Waals surface area contributed by atoms with Crippen molar-refractivity contribution in [3.63, 3.8) is 0 Å². The van der Waals surface area contributed by atoms with Gasteiger partial charge in [-0.1, -0.05) is 54.6 Å². The normalized spacial score (nSPS) is 15.5. The molecule has 0 atom stereocenters. The summed E-state index contributed by atoms with van der Waals surface area (Å²) in [7, 11) is 1.82. The summed E-state index contributed by atoms with van der Waals surface area (Å²) >= 11 is 0. The van der Waals surface area contributed by atoms with E-state index in [0.29, 0.717) is 0 Å². The Morgan fingerprint density at radius 1 is 0.963 bits per heavy atom. The van der Waals surface area contributed by atoms with Crippen LogP contribution >= 0.6 is 0 Å². The first-order chi connectivity index (χ1) is 13.3. The molecule has 0 radical (unpaired) electrons. The van der Waals surface area contributed by atoms with Crippen molar-refractivity contribution in [1.82, 2.24) is 15.5 Å². The second-order valence-electron chi connectivity index (χ2n) is 6.75. The van der Waals surface area contributed by atoms with Crippen LogP contribution in [0.2, 0.25) is 0 Å². The number of nitrogens with zero attached hydrogens (tertiary/aromatic N) is 2. The van der Waals surface area contributed by atoms with Gasteiger partial charge in [0.2, 0.25) is 0 Å². The Balaban J connectivity index is 1.49. The molecule has 0 unspecified atom stereocenters. The monoisotopic (exact) mass is 366 g/mol. The van der Waals surface area contributed by atoms with Gasteiger partial charge in [-0.3, -0.25) is 9.89 Å². The van der Waals surface area contributed by atoms with E-state index >= 15 is 0 Å². The summed E-state index contributed by atoms with van der Waals surface area (Å²) < 4.78 is 5.45. The lowest BCUT2D eigenvalue weighted by Gasteiger charge is -2.27. The molecule has 27 heavy (non-hydrogen) atoms. The van der Waals surface area contributed by atoms with Crippen LogP contribution in [0.1, 0.15) is 16.7 Å². The van der Waals surface area contributed by atoms with Crippen LogP contribution in [0.25, 0.3) is 0 Å². The maximum atomic E-state index is 5.45. The summed E-state index contributed by atoms with van der Waals surface area (Å²) in [6, 6.07) is 19.1. The van der Waals surface area contributed by atoms with E-state index in [1.54, 1.807) is 0 Å². The second-order valence-corrected chi connectivity index (χ2v) is 6.75. The third-order valence-corrected chi connectivity index (χ3v) is 4.83. The predicted octanol–water partition coefficient (Wildman–Crippen LogP) is 2.43. The van der Waals surface area contributed by atoms with Gasteiger partial charge in [-0.15, -0.1) is 0 Å². The molecular weight excluding hydrogens is 336 g/mol. The van der Waals surface area contributed by atoms with Gasteiger partial charge in [0.15, 0.2) is 5.96 Å². The zero-order valence-corrected chi connectivity index (χ0v) is 16.2. The zero-order valence-electron chi connectivity index (χ0n) is 16.2. The van der Waals surface area contributed by atoms with Crippen LogP contribution in [0.5, 0.6) is 0 Å². The van der Waals surface area contributed by atoms with Crippen molar-refractivity contribution in [3.05, 3.63) is 71.3 Å². The topological polar surface area (TPSA) is 48.9 Å². The Labute approximate surface area is 162 Å². The number of guanidine groups is 1. The fraction of sp³-hybridized carbons (Fsp3) is 0.409. The quantitative estimate of drug-likeness (QED) is 0.584. The van der Waals surface area contributed by atoms with E-state index in [0.717, 1.165) is 58.3 Å². The zero-order chi connectivity index (χ0) is 18.7. The van der Waals surface area contributed by atoms with Gasteiger partial charge in [0.25, 0.3) is 0 Å². The molecule has 0 saturated carbocycles. The van der Waals surface area contributed by atoms with E-state index in [1.165, 1.54) is 16.7 Å². The Hall–Kier alpha value is -2.37. The van der Waals surface area contributed by atoms with Crippen molar-refractivity contribution >= 4 is 5.96 Å². The fourth-order valence-electron chi connectivity index (χ4n) is 3.25. The molecule has 1 heterocycles. The number of rotatable bonds is 7. The van der Waals surface area contributed by atoms with Gasteiger partial charge < -0.3 is 15.4 Å². The van der Waals surface area contributed by atoms with Crippen LogP contribution in [0.15, 0.2) is 59.6 Å². The van der Waals surface area contributed by atoms with Gasteiger partial charge in [-0.25, -0.2) is 0 Å². The van der Waals surface area contributed by atoms with Gasteiger partial charge >= 0.3 is 0 Å². The Morgan fingerprint density at radius 3 is 2.41 bits per heavy atom. The summed E-state index contributed by atoms with van der Waals surface area (Å²) in [5.41, 5.74) is 4.01. The van der Waals surface area contributed by atoms with Crippen LogP contribution in [-0.2, 0) is 24.2 Å². The molecule has 2 aromatic rings. The average molecular weight is 367 g/mol. The molecule has 1 aliphatic rings. The highest BCUT2D eigenvalue weighted by Gasteiger charge is 2.12. The third kappa shape index (κ3) is 6.38. The van der Waals surface area contributed by atoms with E-state index < -0.39 is 0 Å². The van der Waals surface area contributed by atoms with Crippen LogP contribution in [0.4, 0.5) is 0 Å². The number of benzene rings is 2. The molecule has 3 rings (SSSR count). The summed E-state index contributed by atoms with van der Waals surface area (Å²) in [5.74, 6) is 0.840. The molecule has 1 fully saturated rings. The third-order valence-electron chi connectivity index (χ3n) is 4.83. The summed E-state index contributed by atoms with van der Waals surface area (Å²) in [5, 5.41) is 6.85. The maximum Gasteiger partial charge on any atom is 0.191 e. The number of ether oxygens (including phenoxy) is 1. The van der Waals surface area contributed by atoms with Crippen LogP contribution < -0.4 is 10.6 Å². The number of aliphatic imine (C=N–C) groups is 1. The maximum absolute atomic E-state index is 5.45.